The van der Waals surface area contributed by atoms with Crippen LogP contribution in [0.25, 0.3) is 0 Å². The molecule has 0 aromatic heterocycles. The van der Waals surface area contributed by atoms with Gasteiger partial charge >= 0.3 is 0 Å². The van der Waals surface area contributed by atoms with E-state index < -0.39 is 0 Å². The van der Waals surface area contributed by atoms with Crippen molar-refractivity contribution in [2.45, 2.75) is 5.54 Å². The van der Waals surface area contributed by atoms with Crippen molar-refractivity contribution in [1.29, 1.82) is 0 Å². The van der Waals surface area contributed by atoms with Crippen LogP contribution in [0.4, 0.5) is 0 Å². The molecule has 0 aliphatic carbocycles. The van der Waals surface area contributed by atoms with Crippen molar-refractivity contribution in [1.82, 2.24) is 9.80 Å². The van der Waals surface area contributed by atoms with Gasteiger partial charge in [0, 0.05) is 20.2 Å². The largest absolute Gasteiger partial charge is 0.382 e. The molecule has 1 aromatic rings. The quantitative estimate of drug-likeness (QED) is 0.832. The zero-order valence-electron chi connectivity index (χ0n) is 12.5. The first kappa shape index (κ1) is 14.8. The van der Waals surface area contributed by atoms with Gasteiger partial charge in [0.05, 0.1) is 13.2 Å². The third-order valence-electron chi connectivity index (χ3n) is 3.76. The first-order valence-corrected chi connectivity index (χ1v) is 6.87. The standard InChI is InChI=1S/C15H24N4O/c1-18(2)9-10-19-14(16)17-11-15(19,12-20-3)13-7-5-4-6-8-13/h4-8H,9-12H2,1-3H3,(H2,16,17). The molecule has 1 aliphatic heterocycles. The highest BCUT2D eigenvalue weighted by atomic mass is 16.5. The lowest BCUT2D eigenvalue weighted by Crippen LogP contribution is -2.53. The molecule has 20 heavy (non-hydrogen) atoms. The highest BCUT2D eigenvalue weighted by Gasteiger charge is 2.43. The van der Waals surface area contributed by atoms with Crippen LogP contribution < -0.4 is 5.73 Å². The maximum Gasteiger partial charge on any atom is 0.192 e. The second kappa shape index (κ2) is 6.24. The minimum Gasteiger partial charge on any atom is -0.382 e. The van der Waals surface area contributed by atoms with Gasteiger partial charge in [0.1, 0.15) is 5.54 Å². The SMILES string of the molecule is COCC1(c2ccccc2)CN=C(N)N1CCN(C)C. The molecule has 2 rings (SSSR count). The van der Waals surface area contributed by atoms with E-state index in [1.54, 1.807) is 7.11 Å². The molecule has 5 nitrogen and oxygen atoms in total. The van der Waals surface area contributed by atoms with Crippen LogP contribution in [0.1, 0.15) is 5.56 Å². The zero-order chi connectivity index (χ0) is 14.6. The Morgan fingerprint density at radius 1 is 1.35 bits per heavy atom. The summed E-state index contributed by atoms with van der Waals surface area (Å²) in [6.45, 7) is 2.98. The smallest absolute Gasteiger partial charge is 0.192 e. The van der Waals surface area contributed by atoms with Gasteiger partial charge in [-0.3, -0.25) is 4.99 Å². The first-order chi connectivity index (χ1) is 9.60. The van der Waals surface area contributed by atoms with Gasteiger partial charge < -0.3 is 20.3 Å². The summed E-state index contributed by atoms with van der Waals surface area (Å²) >= 11 is 0. The van der Waals surface area contributed by atoms with Crippen molar-refractivity contribution in [2.75, 3.05) is 47.4 Å². The van der Waals surface area contributed by atoms with E-state index in [0.29, 0.717) is 19.1 Å². The fraction of sp³-hybridized carbons (Fsp3) is 0.533. The predicted molar refractivity (Wildman–Crippen MR) is 81.7 cm³/mol. The molecule has 0 saturated heterocycles. The number of nitrogens with two attached hydrogens (primary N) is 1. The Balaban J connectivity index is 2.31. The Kier molecular flexibility index (Phi) is 4.62. The summed E-state index contributed by atoms with van der Waals surface area (Å²) in [5, 5.41) is 0. The number of methoxy groups -OCH3 is 1. The number of likely N-dealkylation sites (N-methyl/N-ethyl adjacent to an activating group) is 1. The third kappa shape index (κ3) is 2.78. The number of hydrogen-bond acceptors (Lipinski definition) is 5. The summed E-state index contributed by atoms with van der Waals surface area (Å²) < 4.78 is 5.48. The molecule has 2 N–H and O–H groups in total. The summed E-state index contributed by atoms with van der Waals surface area (Å²) in [5.74, 6) is 0.604. The Labute approximate surface area is 121 Å². The summed E-state index contributed by atoms with van der Waals surface area (Å²) in [6.07, 6.45) is 0. The van der Waals surface area contributed by atoms with E-state index in [2.05, 4.69) is 41.0 Å². The van der Waals surface area contributed by atoms with Gasteiger partial charge in [-0.25, -0.2) is 0 Å². The number of benzene rings is 1. The molecule has 1 aliphatic rings. The normalized spacial score (nSPS) is 22.4. The average Bonchev–Trinajstić information content (AvgIpc) is 2.76. The molecule has 0 bridgehead atoms. The van der Waals surface area contributed by atoms with Gasteiger partial charge in [0.15, 0.2) is 5.96 Å². The molecule has 110 valence electrons. The number of ether oxygens (including phenoxy) is 1. The zero-order valence-corrected chi connectivity index (χ0v) is 12.5. The minimum atomic E-state index is -0.282. The molecule has 1 atom stereocenters. The van der Waals surface area contributed by atoms with Crippen molar-refractivity contribution in [2.24, 2.45) is 10.7 Å². The van der Waals surface area contributed by atoms with Crippen LogP contribution in [0.15, 0.2) is 35.3 Å². The van der Waals surface area contributed by atoms with Gasteiger partial charge in [0.2, 0.25) is 0 Å². The maximum atomic E-state index is 6.11. The first-order valence-electron chi connectivity index (χ1n) is 6.87. The van der Waals surface area contributed by atoms with Crippen molar-refractivity contribution >= 4 is 5.96 Å². The molecular formula is C15H24N4O. The van der Waals surface area contributed by atoms with Gasteiger partial charge in [0.25, 0.3) is 0 Å². The highest BCUT2D eigenvalue weighted by molar-refractivity contribution is 5.81. The average molecular weight is 276 g/mol. The maximum absolute atomic E-state index is 6.11. The Bertz CT molecular complexity index is 460. The minimum absolute atomic E-state index is 0.282. The molecule has 1 heterocycles. The molecule has 0 fully saturated rings. The van der Waals surface area contributed by atoms with Crippen LogP contribution in [0, 0.1) is 0 Å². The number of guanidine groups is 1. The van der Waals surface area contributed by atoms with Gasteiger partial charge in [-0.05, 0) is 19.7 Å². The van der Waals surface area contributed by atoms with Gasteiger partial charge in [-0.2, -0.15) is 0 Å². The van der Waals surface area contributed by atoms with Gasteiger partial charge in [-0.1, -0.05) is 30.3 Å². The lowest BCUT2D eigenvalue weighted by atomic mass is 9.89. The van der Waals surface area contributed by atoms with E-state index in [-0.39, 0.29) is 5.54 Å². The van der Waals surface area contributed by atoms with E-state index >= 15 is 0 Å². The Morgan fingerprint density at radius 2 is 2.05 bits per heavy atom. The van der Waals surface area contributed by atoms with E-state index in [1.165, 1.54) is 5.56 Å². The number of nitrogens with zero attached hydrogens (tertiary/aromatic N) is 3. The summed E-state index contributed by atoms with van der Waals surface area (Å²) in [4.78, 5) is 8.79. The lowest BCUT2D eigenvalue weighted by molar-refractivity contribution is 0.0615. The number of aliphatic imine (C=N–C) groups is 1. The second-order valence-electron chi connectivity index (χ2n) is 5.46. The molecular weight excluding hydrogens is 252 g/mol. The van der Waals surface area contributed by atoms with Gasteiger partial charge in [-0.15, -0.1) is 0 Å². The Morgan fingerprint density at radius 3 is 2.65 bits per heavy atom. The number of hydrogen-bond donors (Lipinski definition) is 1. The van der Waals surface area contributed by atoms with E-state index in [4.69, 9.17) is 10.5 Å². The second-order valence-corrected chi connectivity index (χ2v) is 5.46. The molecule has 0 radical (unpaired) electrons. The van der Waals surface area contributed by atoms with Crippen molar-refractivity contribution in [3.8, 4) is 0 Å². The molecule has 1 aromatic carbocycles. The van der Waals surface area contributed by atoms with Crippen molar-refractivity contribution in [3.63, 3.8) is 0 Å². The molecule has 5 heteroatoms. The van der Waals surface area contributed by atoms with Crippen LogP contribution in [-0.2, 0) is 10.3 Å². The third-order valence-corrected chi connectivity index (χ3v) is 3.76. The molecule has 0 spiro atoms. The van der Waals surface area contributed by atoms with Crippen molar-refractivity contribution < 1.29 is 4.74 Å². The monoisotopic (exact) mass is 276 g/mol. The lowest BCUT2D eigenvalue weighted by Gasteiger charge is -2.39. The van der Waals surface area contributed by atoms with E-state index in [0.717, 1.165) is 13.1 Å². The summed E-state index contributed by atoms with van der Waals surface area (Å²) in [6, 6.07) is 10.4. The van der Waals surface area contributed by atoms with Crippen LogP contribution in [0.3, 0.4) is 0 Å². The van der Waals surface area contributed by atoms with Crippen LogP contribution in [0.5, 0.6) is 0 Å². The van der Waals surface area contributed by atoms with Crippen LogP contribution in [-0.4, -0.2) is 63.2 Å². The molecule has 1 unspecified atom stereocenters. The fourth-order valence-corrected chi connectivity index (χ4v) is 2.67. The topological polar surface area (TPSA) is 54.1 Å². The van der Waals surface area contributed by atoms with E-state index in [9.17, 15) is 0 Å². The molecule has 0 amide bonds. The van der Waals surface area contributed by atoms with E-state index in [1.807, 2.05) is 18.2 Å². The summed E-state index contributed by atoms with van der Waals surface area (Å²) in [5.41, 5.74) is 7.03. The number of rotatable bonds is 6. The van der Waals surface area contributed by atoms with Crippen molar-refractivity contribution in [3.05, 3.63) is 35.9 Å². The Hall–Kier alpha value is -1.59. The predicted octanol–water partition coefficient (Wildman–Crippen LogP) is 0.720. The van der Waals surface area contributed by atoms with Crippen LogP contribution in [0.2, 0.25) is 0 Å². The highest BCUT2D eigenvalue weighted by Crippen LogP contribution is 2.33. The summed E-state index contributed by atoms with van der Waals surface area (Å²) in [7, 11) is 5.84. The fourth-order valence-electron chi connectivity index (χ4n) is 2.67. The van der Waals surface area contributed by atoms with Crippen LogP contribution >= 0.6 is 0 Å². The molecule has 0 saturated carbocycles.